The third kappa shape index (κ3) is 6.68. The second-order valence-corrected chi connectivity index (χ2v) is 16.3. The van der Waals surface area contributed by atoms with Crippen molar-refractivity contribution >= 4 is 70.1 Å². The predicted octanol–water partition coefficient (Wildman–Crippen LogP) is 8.62. The molecule has 324 valence electrons. The van der Waals surface area contributed by atoms with E-state index in [-0.39, 0.29) is 46.4 Å². The Hall–Kier alpha value is -5.59. The van der Waals surface area contributed by atoms with E-state index in [1.54, 1.807) is 19.1 Å². The van der Waals surface area contributed by atoms with Crippen LogP contribution in [0.25, 0.3) is 0 Å². The van der Waals surface area contributed by atoms with Gasteiger partial charge in [0.1, 0.15) is 5.69 Å². The van der Waals surface area contributed by atoms with Crippen LogP contribution in [0.1, 0.15) is 48.1 Å². The van der Waals surface area contributed by atoms with Gasteiger partial charge >= 0.3 is 12.4 Å². The van der Waals surface area contributed by atoms with E-state index in [9.17, 15) is 45.8 Å². The number of ether oxygens (including phenoxy) is 1. The lowest BCUT2D eigenvalue weighted by Crippen LogP contribution is -2.53. The number of aromatic hydroxyl groups is 1. The molecule has 8 rings (SSSR count). The number of allylic oxidation sites excluding steroid dienone is 2. The molecule has 0 spiro atoms. The molecule has 1 saturated carbocycles. The molecule has 2 aromatic heterocycles. The lowest BCUT2D eigenvalue weighted by molar-refractivity contribution is -0.142. The molecule has 21 heteroatoms. The van der Waals surface area contributed by atoms with Gasteiger partial charge in [0.15, 0.2) is 23.1 Å². The standard InChI is InChI=1S/C41H31Cl3F6N6O6/c1-3-62-28-6-4-5-23(32(28)57)31-21-11-12-22-30(37(60)56(35(22)58)54(2)34-26(43)13-14-29(52-34)41(48,49)50)24(21)16-25-36(59)55(38(61)39(25,31)18-7-9-20(42)10-8-18)53-33-27(44)15-19(17-51-33)40(45,46)47/h4-11,13-15,17,22,24-25,30-31,57H,3,12,16H2,1-2H3,(H,51,53). The second kappa shape index (κ2) is 15.3. The number of amides is 4. The number of aromatic nitrogens is 2. The number of phenolic OH excluding ortho intramolecular Hbond substituents is 1. The van der Waals surface area contributed by atoms with E-state index in [0.29, 0.717) is 33.9 Å². The molecule has 4 amide bonds. The van der Waals surface area contributed by atoms with Crippen molar-refractivity contribution in [1.82, 2.24) is 20.0 Å². The van der Waals surface area contributed by atoms with Crippen LogP contribution in [0, 0.1) is 23.7 Å². The van der Waals surface area contributed by atoms with Crippen LogP contribution >= 0.6 is 34.8 Å². The minimum atomic E-state index is -4.90. The van der Waals surface area contributed by atoms with Crippen molar-refractivity contribution in [2.75, 3.05) is 24.1 Å². The highest BCUT2D eigenvalue weighted by Crippen LogP contribution is 2.65. The Kier molecular flexibility index (Phi) is 10.7. The van der Waals surface area contributed by atoms with Crippen molar-refractivity contribution < 1.29 is 55.4 Å². The number of carbonyl (C=O) groups excluding carboxylic acids is 4. The van der Waals surface area contributed by atoms with Gasteiger partial charge in [-0.1, -0.05) is 70.7 Å². The van der Waals surface area contributed by atoms with Crippen molar-refractivity contribution in [3.63, 3.8) is 0 Å². The topological polar surface area (TPSA) is 145 Å². The van der Waals surface area contributed by atoms with E-state index in [2.05, 4.69) is 15.4 Å². The highest BCUT2D eigenvalue weighted by molar-refractivity contribution is 6.33. The number of alkyl halides is 6. The van der Waals surface area contributed by atoms with Gasteiger partial charge in [0.2, 0.25) is 0 Å². The lowest BCUT2D eigenvalue weighted by atomic mass is 9.49. The number of hydrazine groups is 2. The molecule has 4 heterocycles. The summed E-state index contributed by atoms with van der Waals surface area (Å²) in [6, 6.07) is 12.7. The Balaban J connectivity index is 1.30. The summed E-state index contributed by atoms with van der Waals surface area (Å²) >= 11 is 18.9. The molecule has 2 saturated heterocycles. The summed E-state index contributed by atoms with van der Waals surface area (Å²) in [5.41, 5.74) is -1.30. The Morgan fingerprint density at radius 2 is 1.63 bits per heavy atom. The number of pyridine rings is 2. The predicted molar refractivity (Wildman–Crippen MR) is 211 cm³/mol. The van der Waals surface area contributed by atoms with Crippen LogP contribution in [-0.4, -0.2) is 62.4 Å². The summed E-state index contributed by atoms with van der Waals surface area (Å²) in [5.74, 6) is -11.0. The minimum Gasteiger partial charge on any atom is -0.504 e. The van der Waals surface area contributed by atoms with Crippen LogP contribution < -0.4 is 15.2 Å². The van der Waals surface area contributed by atoms with Crippen molar-refractivity contribution in [1.29, 1.82) is 0 Å². The van der Waals surface area contributed by atoms with Gasteiger partial charge in [-0.25, -0.2) is 9.97 Å². The lowest BCUT2D eigenvalue weighted by Gasteiger charge is -2.50. The maximum Gasteiger partial charge on any atom is 0.433 e. The zero-order valence-corrected chi connectivity index (χ0v) is 34.3. The fraction of sp³-hybridized carbons (Fsp3) is 0.317. The molecule has 4 aromatic rings. The summed E-state index contributed by atoms with van der Waals surface area (Å²) in [4.78, 5) is 66.7. The normalized spacial score (nSPS) is 24.8. The number of phenols is 1. The molecular weight excluding hydrogens is 893 g/mol. The highest BCUT2D eigenvalue weighted by Gasteiger charge is 2.71. The number of rotatable bonds is 8. The summed E-state index contributed by atoms with van der Waals surface area (Å²) < 4.78 is 87.6. The van der Waals surface area contributed by atoms with Crippen LogP contribution in [-0.2, 0) is 36.9 Å². The molecule has 62 heavy (non-hydrogen) atoms. The van der Waals surface area contributed by atoms with Crippen LogP contribution in [0.3, 0.4) is 0 Å². The number of carbonyl (C=O) groups is 4. The SMILES string of the molecule is CCOc1cccc(C2C3=CCC4C(=O)N(N(C)c5nc(C(F)(F)F)ccc5Cl)C(=O)C4C3CC3C(=O)N(Nc4ncc(C(F)(F)F)cc4Cl)C(=O)C32c2ccc(Cl)cc2)c1O. The van der Waals surface area contributed by atoms with Crippen LogP contribution in [0.15, 0.2) is 78.5 Å². The minimum absolute atomic E-state index is 0.0158. The first kappa shape index (κ1) is 43.1. The highest BCUT2D eigenvalue weighted by atomic mass is 35.5. The number of hydrogen-bond acceptors (Lipinski definition) is 10. The monoisotopic (exact) mass is 922 g/mol. The first-order chi connectivity index (χ1) is 29.2. The number of nitrogens with one attached hydrogen (secondary N) is 1. The van der Waals surface area contributed by atoms with Gasteiger partial charge in [-0.3, -0.25) is 29.6 Å². The summed E-state index contributed by atoms with van der Waals surface area (Å²) in [6.07, 6.45) is -8.00. The van der Waals surface area contributed by atoms with E-state index in [1.807, 2.05) is 0 Å². The zero-order chi connectivity index (χ0) is 44.8. The van der Waals surface area contributed by atoms with Crippen LogP contribution in [0.4, 0.5) is 38.0 Å². The number of fused-ring (bicyclic) bond motifs is 4. The van der Waals surface area contributed by atoms with Crippen molar-refractivity contribution in [3.8, 4) is 11.5 Å². The van der Waals surface area contributed by atoms with Crippen molar-refractivity contribution in [3.05, 3.63) is 116 Å². The van der Waals surface area contributed by atoms with Crippen molar-refractivity contribution in [2.45, 2.75) is 43.5 Å². The first-order valence-corrected chi connectivity index (χ1v) is 20.0. The first-order valence-electron chi connectivity index (χ1n) is 18.8. The largest absolute Gasteiger partial charge is 0.504 e. The Morgan fingerprint density at radius 1 is 0.919 bits per heavy atom. The Labute approximate surface area is 362 Å². The molecule has 2 N–H and O–H groups in total. The van der Waals surface area contributed by atoms with E-state index in [1.165, 1.54) is 36.4 Å². The Morgan fingerprint density at radius 3 is 2.27 bits per heavy atom. The summed E-state index contributed by atoms with van der Waals surface area (Å²) in [5, 5.41) is 13.4. The van der Waals surface area contributed by atoms with Gasteiger partial charge in [-0.2, -0.15) is 36.4 Å². The van der Waals surface area contributed by atoms with Gasteiger partial charge in [0, 0.05) is 29.7 Å². The zero-order valence-electron chi connectivity index (χ0n) is 32.1. The molecule has 12 nitrogen and oxygen atoms in total. The van der Waals surface area contributed by atoms with E-state index in [4.69, 9.17) is 39.5 Å². The van der Waals surface area contributed by atoms with Gasteiger partial charge in [-0.15, -0.1) is 0 Å². The smallest absolute Gasteiger partial charge is 0.433 e. The number of anilines is 2. The number of benzene rings is 2. The third-order valence-corrected chi connectivity index (χ3v) is 12.7. The van der Waals surface area contributed by atoms with E-state index >= 15 is 4.79 Å². The van der Waals surface area contributed by atoms with Crippen LogP contribution in [0.2, 0.25) is 15.1 Å². The Bertz CT molecular complexity index is 2580. The second-order valence-electron chi connectivity index (χ2n) is 15.1. The molecule has 3 fully saturated rings. The molecule has 4 aliphatic rings. The number of halogens is 9. The third-order valence-electron chi connectivity index (χ3n) is 11.9. The molecular formula is C41H31Cl3F6N6O6. The number of hydrogen-bond donors (Lipinski definition) is 2. The van der Waals surface area contributed by atoms with Gasteiger partial charge in [0.25, 0.3) is 23.6 Å². The van der Waals surface area contributed by atoms with E-state index in [0.717, 1.165) is 18.1 Å². The van der Waals surface area contributed by atoms with E-state index < -0.39 is 105 Å². The van der Waals surface area contributed by atoms with Gasteiger partial charge < -0.3 is 9.84 Å². The molecule has 2 aliphatic heterocycles. The quantitative estimate of drug-likeness (QED) is 0.100. The van der Waals surface area contributed by atoms with Crippen molar-refractivity contribution in [2.24, 2.45) is 23.7 Å². The summed E-state index contributed by atoms with van der Waals surface area (Å²) in [6.45, 7) is 1.79. The average Bonchev–Trinajstić information content (AvgIpc) is 3.59. The molecule has 0 bridgehead atoms. The molecule has 2 aliphatic carbocycles. The van der Waals surface area contributed by atoms with Gasteiger partial charge in [0.05, 0.1) is 45.4 Å². The number of para-hydroxylation sites is 1. The number of nitrogens with zero attached hydrogens (tertiary/aromatic N) is 5. The fourth-order valence-electron chi connectivity index (χ4n) is 9.36. The molecule has 0 radical (unpaired) electrons. The average molecular weight is 924 g/mol. The molecule has 6 unspecified atom stereocenters. The summed E-state index contributed by atoms with van der Waals surface area (Å²) in [7, 11) is 1.16. The maximum atomic E-state index is 15.4. The van der Waals surface area contributed by atoms with Gasteiger partial charge in [-0.05, 0) is 67.6 Å². The molecule has 6 atom stereocenters. The fourth-order valence-corrected chi connectivity index (χ4v) is 9.92. The van der Waals surface area contributed by atoms with Crippen LogP contribution in [0.5, 0.6) is 11.5 Å². The maximum absolute atomic E-state index is 15.4. The number of imide groups is 2. The molecule has 2 aromatic carbocycles.